The summed E-state index contributed by atoms with van der Waals surface area (Å²) in [6.45, 7) is 6.19. The smallest absolute Gasteiger partial charge is 0.313 e. The Labute approximate surface area is 46.5 Å². The van der Waals surface area contributed by atoms with Gasteiger partial charge in [-0.1, -0.05) is 0 Å². The molecule has 0 amide bonds. The Kier molecular flexibility index (Phi) is 1.11. The van der Waals surface area contributed by atoms with Gasteiger partial charge in [0.15, 0.2) is 0 Å². The van der Waals surface area contributed by atoms with Crippen molar-refractivity contribution >= 4 is 17.8 Å². The molecule has 0 bridgehead atoms. The molecule has 2 nitrogen and oxygen atoms in total. The summed E-state index contributed by atoms with van der Waals surface area (Å²) >= 11 is 0. The largest absolute Gasteiger partial charge is 0.418 e. The van der Waals surface area contributed by atoms with E-state index in [1.165, 1.54) is 0 Å². The first-order chi connectivity index (χ1) is 3.10. The topological polar surface area (TPSA) is 18.5 Å². The Morgan fingerprint density at radius 3 is 1.71 bits per heavy atom. The highest BCUT2D eigenvalue weighted by Gasteiger charge is 2.39. The van der Waals surface area contributed by atoms with Crippen molar-refractivity contribution < 1.29 is 8.23 Å². The van der Waals surface area contributed by atoms with Crippen LogP contribution in [0.1, 0.15) is 0 Å². The zero-order valence-electron chi connectivity index (χ0n) is 4.89. The Hall–Kier alpha value is 0.354. The van der Waals surface area contributed by atoms with E-state index in [-0.39, 0.29) is 0 Å². The maximum absolute atomic E-state index is 5.38. The van der Waals surface area contributed by atoms with Crippen molar-refractivity contribution in [2.45, 2.75) is 19.6 Å². The minimum atomic E-state index is -1.45. The van der Waals surface area contributed by atoms with Crippen molar-refractivity contribution in [1.82, 2.24) is 0 Å². The summed E-state index contributed by atoms with van der Waals surface area (Å²) < 4.78 is 10.8. The third-order valence-electron chi connectivity index (χ3n) is 0.900. The van der Waals surface area contributed by atoms with E-state index in [2.05, 4.69) is 19.6 Å². The summed E-state index contributed by atoms with van der Waals surface area (Å²) in [6, 6.07) is 0. The Morgan fingerprint density at radius 2 is 1.71 bits per heavy atom. The molecule has 0 unspecified atom stereocenters. The molecule has 0 radical (unpaired) electrons. The molecule has 1 heterocycles. The molecule has 0 aromatic rings. The van der Waals surface area contributed by atoms with Crippen LogP contribution in [0.25, 0.3) is 0 Å². The second kappa shape index (κ2) is 1.41. The van der Waals surface area contributed by atoms with E-state index >= 15 is 0 Å². The molecule has 7 heavy (non-hydrogen) atoms. The molecule has 1 aliphatic rings. The highest BCUT2D eigenvalue weighted by molar-refractivity contribution is 6.83. The quantitative estimate of drug-likeness (QED) is 0.451. The molecule has 0 atom stereocenters. The van der Waals surface area contributed by atoms with Crippen LogP contribution >= 0.6 is 0 Å². The molecule has 1 saturated heterocycles. The lowest BCUT2D eigenvalue weighted by Gasteiger charge is -2.38. The van der Waals surface area contributed by atoms with Crippen LogP contribution in [0.5, 0.6) is 0 Å². The van der Waals surface area contributed by atoms with Gasteiger partial charge in [-0.2, -0.15) is 0 Å². The maximum Gasteiger partial charge on any atom is 0.313 e. The normalized spacial score (nSPS) is 29.6. The van der Waals surface area contributed by atoms with Crippen molar-refractivity contribution in [3.8, 4) is 0 Å². The molecule has 0 aromatic carbocycles. The predicted molar refractivity (Wildman–Crippen MR) is 32.7 cm³/mol. The van der Waals surface area contributed by atoms with Crippen LogP contribution in [0.2, 0.25) is 19.6 Å². The third-order valence-corrected chi connectivity index (χ3v) is 8.10. The lowest BCUT2D eigenvalue weighted by atomic mass is 11.9. The fraction of sp³-hybridized carbons (Fsp3) is 1.00. The van der Waals surface area contributed by atoms with Crippen LogP contribution in [0.3, 0.4) is 0 Å². The molecule has 4 heteroatoms. The highest BCUT2D eigenvalue weighted by atomic mass is 28.5. The van der Waals surface area contributed by atoms with Gasteiger partial charge in [0.05, 0.1) is 0 Å². The van der Waals surface area contributed by atoms with E-state index in [0.717, 1.165) is 0 Å². The summed E-state index contributed by atoms with van der Waals surface area (Å²) in [5.74, 6) is 0. The van der Waals surface area contributed by atoms with E-state index in [1.807, 2.05) is 0 Å². The fourth-order valence-electron chi connectivity index (χ4n) is 0.808. The van der Waals surface area contributed by atoms with E-state index in [0.29, 0.717) is 0 Å². The van der Waals surface area contributed by atoms with E-state index < -0.39 is 17.8 Å². The first-order valence-corrected chi connectivity index (χ1v) is 7.37. The van der Waals surface area contributed by atoms with E-state index in [9.17, 15) is 0 Å². The van der Waals surface area contributed by atoms with Crippen molar-refractivity contribution in [3.05, 3.63) is 0 Å². The molecule has 0 aliphatic carbocycles. The molecule has 1 rings (SSSR count). The second-order valence-corrected chi connectivity index (χ2v) is 8.02. The highest BCUT2D eigenvalue weighted by Crippen LogP contribution is 2.19. The van der Waals surface area contributed by atoms with Crippen LogP contribution in [0.4, 0.5) is 0 Å². The van der Waals surface area contributed by atoms with Crippen molar-refractivity contribution in [3.63, 3.8) is 0 Å². The van der Waals surface area contributed by atoms with Gasteiger partial charge < -0.3 is 8.23 Å². The van der Waals surface area contributed by atoms with Gasteiger partial charge in [0, 0.05) is 0 Å². The summed E-state index contributed by atoms with van der Waals surface area (Å²) in [5, 5.41) is 0. The van der Waals surface area contributed by atoms with Gasteiger partial charge in [0.25, 0.3) is 0 Å². The first-order valence-electron chi connectivity index (χ1n) is 2.46. The van der Waals surface area contributed by atoms with Crippen LogP contribution in [-0.2, 0) is 8.23 Å². The van der Waals surface area contributed by atoms with E-state index in [4.69, 9.17) is 8.23 Å². The molecule has 42 valence electrons. The van der Waals surface area contributed by atoms with Gasteiger partial charge in [-0.15, -0.1) is 0 Å². The average Bonchev–Trinajstić information content (AvgIpc) is 1.27. The zero-order chi connectivity index (χ0) is 5.49. The molecule has 1 fully saturated rings. The van der Waals surface area contributed by atoms with Crippen molar-refractivity contribution in [2.24, 2.45) is 0 Å². The van der Waals surface area contributed by atoms with Gasteiger partial charge >= 0.3 is 17.8 Å². The van der Waals surface area contributed by atoms with E-state index in [1.54, 1.807) is 0 Å². The Bertz CT molecular complexity index is 75.0. The summed E-state index contributed by atoms with van der Waals surface area (Å²) in [7, 11) is -2.48. The van der Waals surface area contributed by atoms with Gasteiger partial charge in [0.1, 0.15) is 0 Å². The number of hydrogen-bond acceptors (Lipinski definition) is 2. The standard InChI is InChI=1S/C3H10O2Si2/c1-6-4-7(2,3)5-6/h6H,1-3H3. The van der Waals surface area contributed by atoms with Gasteiger partial charge in [-0.25, -0.2) is 0 Å². The second-order valence-electron chi connectivity index (χ2n) is 2.20. The SMILES string of the molecule is C[SiH]1O[Si](C)(C)O1. The Balaban J connectivity index is 2.29. The van der Waals surface area contributed by atoms with Crippen molar-refractivity contribution in [1.29, 1.82) is 0 Å². The minimum Gasteiger partial charge on any atom is -0.418 e. The van der Waals surface area contributed by atoms with Gasteiger partial charge in [0.2, 0.25) is 0 Å². The summed E-state index contributed by atoms with van der Waals surface area (Å²) in [4.78, 5) is 0. The molecular weight excluding hydrogens is 124 g/mol. The van der Waals surface area contributed by atoms with Crippen LogP contribution < -0.4 is 0 Å². The first kappa shape index (κ1) is 5.49. The average molecular weight is 134 g/mol. The Morgan fingerprint density at radius 1 is 1.29 bits per heavy atom. The molecule has 0 N–H and O–H groups in total. The lowest BCUT2D eigenvalue weighted by molar-refractivity contribution is 0.265. The molecule has 0 spiro atoms. The predicted octanol–water partition coefficient (Wildman–Crippen LogP) is 0.585. The van der Waals surface area contributed by atoms with Gasteiger partial charge in [-0.05, 0) is 19.6 Å². The minimum absolute atomic E-state index is 1.03. The summed E-state index contributed by atoms with van der Waals surface area (Å²) in [6.07, 6.45) is 0. The number of rotatable bonds is 0. The van der Waals surface area contributed by atoms with Crippen LogP contribution in [0, 0.1) is 0 Å². The molecule has 0 aromatic heterocycles. The molecular formula is C3H10O2Si2. The molecule has 0 saturated carbocycles. The monoisotopic (exact) mass is 134 g/mol. The maximum atomic E-state index is 5.38. The van der Waals surface area contributed by atoms with Crippen LogP contribution in [-0.4, -0.2) is 17.8 Å². The third kappa shape index (κ3) is 1.12. The van der Waals surface area contributed by atoms with Crippen LogP contribution in [0.15, 0.2) is 0 Å². The lowest BCUT2D eigenvalue weighted by Crippen LogP contribution is -2.55. The van der Waals surface area contributed by atoms with Crippen molar-refractivity contribution in [2.75, 3.05) is 0 Å². The fourth-order valence-corrected chi connectivity index (χ4v) is 7.27. The molecule has 1 aliphatic heterocycles. The number of hydrogen-bond donors (Lipinski definition) is 0. The zero-order valence-corrected chi connectivity index (χ0v) is 7.05. The van der Waals surface area contributed by atoms with Gasteiger partial charge in [-0.3, -0.25) is 0 Å². The summed E-state index contributed by atoms with van der Waals surface area (Å²) in [5.41, 5.74) is 0.